The van der Waals surface area contributed by atoms with Gasteiger partial charge < -0.3 is 16.6 Å². The van der Waals surface area contributed by atoms with Gasteiger partial charge in [-0.05, 0) is 5.92 Å². The zero-order chi connectivity index (χ0) is 10.0. The number of aliphatic hydroxyl groups excluding tert-OH is 1. The van der Waals surface area contributed by atoms with E-state index in [0.717, 1.165) is 0 Å². The number of anilines is 2. The SMILES string of the molecule is CC(C)C(CO)n1ncc(N)c1N. The lowest BCUT2D eigenvalue weighted by Gasteiger charge is -2.19. The van der Waals surface area contributed by atoms with Crippen molar-refractivity contribution < 1.29 is 5.11 Å². The number of rotatable bonds is 3. The van der Waals surface area contributed by atoms with Gasteiger partial charge in [-0.3, -0.25) is 0 Å². The average molecular weight is 184 g/mol. The third kappa shape index (κ3) is 1.75. The fourth-order valence-corrected chi connectivity index (χ4v) is 1.22. The van der Waals surface area contributed by atoms with Crippen molar-refractivity contribution in [2.75, 3.05) is 18.1 Å². The average Bonchev–Trinajstić information content (AvgIpc) is 2.37. The van der Waals surface area contributed by atoms with E-state index in [0.29, 0.717) is 11.5 Å². The molecule has 1 rings (SSSR count). The Kier molecular flexibility index (Phi) is 2.77. The number of nitrogens with zero attached hydrogens (tertiary/aromatic N) is 2. The largest absolute Gasteiger partial charge is 0.394 e. The van der Waals surface area contributed by atoms with Crippen LogP contribution in [-0.4, -0.2) is 21.5 Å². The number of aromatic nitrogens is 2. The van der Waals surface area contributed by atoms with E-state index >= 15 is 0 Å². The third-order valence-corrected chi connectivity index (χ3v) is 2.13. The number of nitrogen functional groups attached to an aromatic ring is 2. The maximum Gasteiger partial charge on any atom is 0.145 e. The summed E-state index contributed by atoms with van der Waals surface area (Å²) < 4.78 is 1.57. The van der Waals surface area contributed by atoms with Crippen LogP contribution < -0.4 is 11.5 Å². The van der Waals surface area contributed by atoms with Gasteiger partial charge in [0.2, 0.25) is 0 Å². The fraction of sp³-hybridized carbons (Fsp3) is 0.625. The van der Waals surface area contributed by atoms with Crippen LogP contribution >= 0.6 is 0 Å². The highest BCUT2D eigenvalue weighted by Gasteiger charge is 2.18. The van der Waals surface area contributed by atoms with Crippen LogP contribution in [0.3, 0.4) is 0 Å². The van der Waals surface area contributed by atoms with Crippen molar-refractivity contribution in [2.24, 2.45) is 5.92 Å². The number of aliphatic hydroxyl groups is 1. The van der Waals surface area contributed by atoms with Crippen molar-refractivity contribution in [3.63, 3.8) is 0 Å². The molecule has 5 heteroatoms. The van der Waals surface area contributed by atoms with E-state index in [2.05, 4.69) is 5.10 Å². The molecule has 1 aromatic rings. The van der Waals surface area contributed by atoms with Crippen LogP contribution in [0.25, 0.3) is 0 Å². The van der Waals surface area contributed by atoms with Gasteiger partial charge in [0.05, 0.1) is 24.5 Å². The third-order valence-electron chi connectivity index (χ3n) is 2.13. The lowest BCUT2D eigenvalue weighted by atomic mass is 10.1. The van der Waals surface area contributed by atoms with E-state index in [-0.39, 0.29) is 18.6 Å². The van der Waals surface area contributed by atoms with Crippen LogP contribution in [0.15, 0.2) is 6.20 Å². The summed E-state index contributed by atoms with van der Waals surface area (Å²) in [5.74, 6) is 0.694. The Hall–Kier alpha value is -1.23. The predicted octanol–water partition coefficient (Wildman–Crippen LogP) is 0.237. The van der Waals surface area contributed by atoms with Crippen molar-refractivity contribution in [1.29, 1.82) is 0 Å². The molecule has 0 aliphatic rings. The Morgan fingerprint density at radius 3 is 2.46 bits per heavy atom. The zero-order valence-corrected chi connectivity index (χ0v) is 7.94. The molecule has 74 valence electrons. The minimum atomic E-state index is -0.0997. The zero-order valence-electron chi connectivity index (χ0n) is 7.94. The highest BCUT2D eigenvalue weighted by molar-refractivity contribution is 5.57. The maximum absolute atomic E-state index is 9.13. The normalized spacial score (nSPS) is 13.5. The quantitative estimate of drug-likeness (QED) is 0.627. The summed E-state index contributed by atoms with van der Waals surface area (Å²) in [5, 5.41) is 13.1. The molecule has 0 saturated carbocycles. The van der Waals surface area contributed by atoms with E-state index in [4.69, 9.17) is 16.6 Å². The van der Waals surface area contributed by atoms with E-state index in [9.17, 15) is 0 Å². The molecule has 1 atom stereocenters. The lowest BCUT2D eigenvalue weighted by Crippen LogP contribution is -2.21. The van der Waals surface area contributed by atoms with Crippen LogP contribution in [0.2, 0.25) is 0 Å². The molecule has 1 unspecified atom stereocenters. The molecule has 0 amide bonds. The maximum atomic E-state index is 9.13. The highest BCUT2D eigenvalue weighted by Crippen LogP contribution is 2.23. The van der Waals surface area contributed by atoms with Crippen LogP contribution in [0.4, 0.5) is 11.5 Å². The van der Waals surface area contributed by atoms with E-state index < -0.39 is 0 Å². The minimum absolute atomic E-state index is 0.0169. The molecule has 5 nitrogen and oxygen atoms in total. The summed E-state index contributed by atoms with van der Waals surface area (Å²) in [6.07, 6.45) is 1.50. The van der Waals surface area contributed by atoms with Gasteiger partial charge in [-0.15, -0.1) is 0 Å². The van der Waals surface area contributed by atoms with Gasteiger partial charge in [0.15, 0.2) is 0 Å². The van der Waals surface area contributed by atoms with Gasteiger partial charge >= 0.3 is 0 Å². The van der Waals surface area contributed by atoms with Crippen molar-refractivity contribution in [1.82, 2.24) is 9.78 Å². The molecule has 0 bridgehead atoms. The van der Waals surface area contributed by atoms with Crippen molar-refractivity contribution >= 4 is 11.5 Å². The molecular formula is C8H16N4O. The first-order valence-electron chi connectivity index (χ1n) is 4.27. The Morgan fingerprint density at radius 1 is 1.54 bits per heavy atom. The monoisotopic (exact) mass is 184 g/mol. The summed E-state index contributed by atoms with van der Waals surface area (Å²) in [6.45, 7) is 4.01. The number of hydrogen-bond donors (Lipinski definition) is 3. The summed E-state index contributed by atoms with van der Waals surface area (Å²) in [7, 11) is 0. The van der Waals surface area contributed by atoms with Gasteiger partial charge in [-0.1, -0.05) is 13.8 Å². The van der Waals surface area contributed by atoms with Gasteiger partial charge in [0, 0.05) is 0 Å². The van der Waals surface area contributed by atoms with Gasteiger partial charge in [0.1, 0.15) is 5.82 Å². The molecule has 5 N–H and O–H groups in total. The van der Waals surface area contributed by atoms with E-state index in [1.54, 1.807) is 4.68 Å². The molecule has 13 heavy (non-hydrogen) atoms. The second-order valence-corrected chi connectivity index (χ2v) is 3.42. The van der Waals surface area contributed by atoms with Gasteiger partial charge in [-0.2, -0.15) is 5.10 Å². The summed E-state index contributed by atoms with van der Waals surface area (Å²) >= 11 is 0. The highest BCUT2D eigenvalue weighted by atomic mass is 16.3. The molecule has 0 aliphatic carbocycles. The molecule has 0 fully saturated rings. The first-order valence-corrected chi connectivity index (χ1v) is 4.27. The molecule has 0 saturated heterocycles. The summed E-state index contributed by atoms with van der Waals surface area (Å²) in [4.78, 5) is 0. The smallest absolute Gasteiger partial charge is 0.145 e. The Morgan fingerprint density at radius 2 is 2.15 bits per heavy atom. The van der Waals surface area contributed by atoms with E-state index in [1.807, 2.05) is 13.8 Å². The van der Waals surface area contributed by atoms with Crippen LogP contribution in [-0.2, 0) is 0 Å². The topological polar surface area (TPSA) is 90.1 Å². The molecule has 0 aliphatic heterocycles. The minimum Gasteiger partial charge on any atom is -0.394 e. The lowest BCUT2D eigenvalue weighted by molar-refractivity contribution is 0.184. The van der Waals surface area contributed by atoms with Crippen molar-refractivity contribution in [3.8, 4) is 0 Å². The van der Waals surface area contributed by atoms with Gasteiger partial charge in [-0.25, -0.2) is 4.68 Å². The van der Waals surface area contributed by atoms with Crippen LogP contribution in [0.5, 0.6) is 0 Å². The Balaban J connectivity index is 2.98. The van der Waals surface area contributed by atoms with E-state index in [1.165, 1.54) is 6.20 Å². The molecule has 0 aromatic carbocycles. The Labute approximate surface area is 77.3 Å². The first kappa shape index (κ1) is 9.85. The first-order chi connectivity index (χ1) is 6.07. The van der Waals surface area contributed by atoms with Crippen LogP contribution in [0.1, 0.15) is 19.9 Å². The number of nitrogens with two attached hydrogens (primary N) is 2. The fourth-order valence-electron chi connectivity index (χ4n) is 1.22. The van der Waals surface area contributed by atoms with Crippen LogP contribution in [0, 0.1) is 5.92 Å². The molecule has 0 radical (unpaired) electrons. The molecule has 0 spiro atoms. The molecule has 1 aromatic heterocycles. The standard InChI is InChI=1S/C8H16N4O/c1-5(2)7(4-13)12-8(10)6(9)3-11-12/h3,5,7,13H,4,9-10H2,1-2H3. The van der Waals surface area contributed by atoms with Gasteiger partial charge in [0.25, 0.3) is 0 Å². The van der Waals surface area contributed by atoms with Crippen molar-refractivity contribution in [3.05, 3.63) is 6.20 Å². The second-order valence-electron chi connectivity index (χ2n) is 3.42. The molecular weight excluding hydrogens is 168 g/mol. The molecule has 1 heterocycles. The summed E-state index contributed by atoms with van der Waals surface area (Å²) in [6, 6.07) is -0.0997. The summed E-state index contributed by atoms with van der Waals surface area (Å²) in [5.41, 5.74) is 11.7. The second kappa shape index (κ2) is 3.66. The van der Waals surface area contributed by atoms with Crippen molar-refractivity contribution in [2.45, 2.75) is 19.9 Å². The number of hydrogen-bond acceptors (Lipinski definition) is 4. The Bertz CT molecular complexity index is 282. The predicted molar refractivity (Wildman–Crippen MR) is 52.0 cm³/mol.